The molecule has 20 heavy (non-hydrogen) atoms. The van der Waals surface area contributed by atoms with E-state index in [1.807, 2.05) is 46.5 Å². The molecule has 0 saturated heterocycles. The van der Waals surface area contributed by atoms with E-state index in [0.717, 1.165) is 21.8 Å². The van der Waals surface area contributed by atoms with E-state index in [9.17, 15) is 4.79 Å². The molecule has 1 amide bonds. The van der Waals surface area contributed by atoms with Gasteiger partial charge in [-0.2, -0.15) is 11.3 Å². The van der Waals surface area contributed by atoms with Crippen LogP contribution in [0.1, 0.15) is 5.56 Å². The fourth-order valence-corrected chi connectivity index (χ4v) is 3.16. The molecule has 1 N–H and O–H groups in total. The topological polar surface area (TPSA) is 42.0 Å². The number of hydrogen-bond acceptors (Lipinski definition) is 4. The monoisotopic (exact) mass is 300 g/mol. The van der Waals surface area contributed by atoms with Gasteiger partial charge < -0.3 is 5.32 Å². The third-order valence-corrected chi connectivity index (χ3v) is 4.35. The number of thiophene rings is 1. The molecular weight excluding hydrogens is 288 g/mol. The van der Waals surface area contributed by atoms with E-state index in [4.69, 9.17) is 0 Å². The number of nitrogens with one attached hydrogen (secondary N) is 1. The normalized spacial score (nSPS) is 10.4. The largest absolute Gasteiger partial charge is 0.326 e. The van der Waals surface area contributed by atoms with Crippen LogP contribution in [0.2, 0.25) is 0 Å². The minimum atomic E-state index is 0.00500. The van der Waals surface area contributed by atoms with E-state index in [2.05, 4.69) is 10.3 Å². The van der Waals surface area contributed by atoms with Crippen molar-refractivity contribution in [2.45, 2.75) is 6.42 Å². The Morgan fingerprint density at radius 3 is 2.65 bits per heavy atom. The number of benzene rings is 1. The average Bonchev–Trinajstić information content (AvgIpc) is 3.12. The second-order valence-corrected chi connectivity index (χ2v) is 5.95. The molecule has 0 bridgehead atoms. The minimum Gasteiger partial charge on any atom is -0.326 e. The van der Waals surface area contributed by atoms with Crippen LogP contribution in [0, 0.1) is 0 Å². The smallest absolute Gasteiger partial charge is 0.228 e. The Morgan fingerprint density at radius 1 is 1.15 bits per heavy atom. The number of carbonyl (C=O) groups excluding carboxylic acids is 1. The van der Waals surface area contributed by atoms with E-state index in [1.165, 1.54) is 0 Å². The highest BCUT2D eigenvalue weighted by Gasteiger charge is 2.05. The lowest BCUT2D eigenvalue weighted by Crippen LogP contribution is -2.13. The van der Waals surface area contributed by atoms with E-state index in [1.54, 1.807) is 28.9 Å². The van der Waals surface area contributed by atoms with Crippen LogP contribution in [0.4, 0.5) is 5.69 Å². The molecule has 2 aromatic heterocycles. The predicted molar refractivity (Wildman–Crippen MR) is 84.2 cm³/mol. The van der Waals surface area contributed by atoms with Crippen molar-refractivity contribution >= 4 is 34.3 Å². The molecule has 0 fully saturated rings. The molecule has 0 aliphatic carbocycles. The van der Waals surface area contributed by atoms with Crippen LogP contribution >= 0.6 is 22.7 Å². The van der Waals surface area contributed by atoms with Gasteiger partial charge in [-0.1, -0.05) is 0 Å². The first-order chi connectivity index (χ1) is 9.81. The number of nitrogens with zero attached hydrogens (tertiary/aromatic N) is 1. The van der Waals surface area contributed by atoms with Crippen molar-refractivity contribution in [1.29, 1.82) is 0 Å². The Hall–Kier alpha value is -1.98. The minimum absolute atomic E-state index is 0.00500. The maximum Gasteiger partial charge on any atom is 0.228 e. The number of thiazole rings is 1. The first kappa shape index (κ1) is 13.0. The van der Waals surface area contributed by atoms with Crippen molar-refractivity contribution < 1.29 is 4.79 Å². The van der Waals surface area contributed by atoms with Crippen LogP contribution in [0.15, 0.2) is 52.7 Å². The highest BCUT2D eigenvalue weighted by Crippen LogP contribution is 2.23. The van der Waals surface area contributed by atoms with Crippen LogP contribution in [0.3, 0.4) is 0 Å². The molecule has 5 heteroatoms. The van der Waals surface area contributed by atoms with Gasteiger partial charge in [0.15, 0.2) is 0 Å². The number of aromatic nitrogens is 1. The van der Waals surface area contributed by atoms with Gasteiger partial charge in [0.05, 0.1) is 6.42 Å². The molecule has 0 spiro atoms. The first-order valence-corrected chi connectivity index (χ1v) is 7.94. The Balaban J connectivity index is 1.65. The Kier molecular flexibility index (Phi) is 3.90. The summed E-state index contributed by atoms with van der Waals surface area (Å²) >= 11 is 3.20. The SMILES string of the molecule is O=C(Cc1ccsc1)Nc1ccc(-c2nccs2)cc1. The summed E-state index contributed by atoms with van der Waals surface area (Å²) in [4.78, 5) is 16.1. The highest BCUT2D eigenvalue weighted by molar-refractivity contribution is 7.13. The van der Waals surface area contributed by atoms with Crippen LogP contribution < -0.4 is 5.32 Å². The molecule has 3 nitrogen and oxygen atoms in total. The van der Waals surface area contributed by atoms with E-state index in [-0.39, 0.29) is 5.91 Å². The van der Waals surface area contributed by atoms with Gasteiger partial charge in [-0.05, 0) is 46.7 Å². The van der Waals surface area contributed by atoms with E-state index in [0.29, 0.717) is 6.42 Å². The summed E-state index contributed by atoms with van der Waals surface area (Å²) in [5, 5.41) is 9.81. The Bertz CT molecular complexity index is 673. The number of anilines is 1. The molecule has 0 aliphatic heterocycles. The molecule has 3 aromatic rings. The number of hydrogen-bond donors (Lipinski definition) is 1. The summed E-state index contributed by atoms with van der Waals surface area (Å²) in [6, 6.07) is 9.72. The molecule has 0 aliphatic rings. The number of carbonyl (C=O) groups is 1. The molecule has 3 rings (SSSR count). The van der Waals surface area contributed by atoms with Gasteiger partial charge in [0.1, 0.15) is 5.01 Å². The molecule has 1 aromatic carbocycles. The van der Waals surface area contributed by atoms with Gasteiger partial charge >= 0.3 is 0 Å². The standard InChI is InChI=1S/C15H12N2OS2/c18-14(9-11-5-7-19-10-11)17-13-3-1-12(2-4-13)15-16-6-8-20-15/h1-8,10H,9H2,(H,17,18). The van der Waals surface area contributed by atoms with Crippen molar-refractivity contribution in [2.24, 2.45) is 0 Å². The van der Waals surface area contributed by atoms with E-state index >= 15 is 0 Å². The first-order valence-electron chi connectivity index (χ1n) is 6.12. The lowest BCUT2D eigenvalue weighted by Gasteiger charge is -2.05. The molecule has 2 heterocycles. The number of rotatable bonds is 4. The van der Waals surface area contributed by atoms with Gasteiger partial charge in [-0.3, -0.25) is 4.79 Å². The molecule has 0 radical (unpaired) electrons. The van der Waals surface area contributed by atoms with Crippen LogP contribution in [0.5, 0.6) is 0 Å². The van der Waals surface area contributed by atoms with Crippen LogP contribution in [-0.4, -0.2) is 10.9 Å². The molecule has 0 atom stereocenters. The zero-order valence-corrected chi connectivity index (χ0v) is 12.2. The lowest BCUT2D eigenvalue weighted by atomic mass is 10.2. The van der Waals surface area contributed by atoms with Crippen LogP contribution in [0.25, 0.3) is 10.6 Å². The van der Waals surface area contributed by atoms with Crippen molar-refractivity contribution in [3.63, 3.8) is 0 Å². The summed E-state index contributed by atoms with van der Waals surface area (Å²) in [6.45, 7) is 0. The van der Waals surface area contributed by atoms with Gasteiger partial charge in [0, 0.05) is 22.8 Å². The van der Waals surface area contributed by atoms with Crippen LogP contribution in [-0.2, 0) is 11.2 Å². The Labute approximate surface area is 124 Å². The summed E-state index contributed by atoms with van der Waals surface area (Å²) in [5.74, 6) is 0.00500. The third kappa shape index (κ3) is 3.12. The van der Waals surface area contributed by atoms with Crippen molar-refractivity contribution in [2.75, 3.05) is 5.32 Å². The van der Waals surface area contributed by atoms with Crippen molar-refractivity contribution in [3.05, 3.63) is 58.2 Å². The lowest BCUT2D eigenvalue weighted by molar-refractivity contribution is -0.115. The fraction of sp³-hybridized carbons (Fsp3) is 0.0667. The van der Waals surface area contributed by atoms with E-state index < -0.39 is 0 Å². The van der Waals surface area contributed by atoms with Crippen molar-refractivity contribution in [1.82, 2.24) is 4.98 Å². The fourth-order valence-electron chi connectivity index (χ4n) is 1.85. The maximum absolute atomic E-state index is 11.9. The highest BCUT2D eigenvalue weighted by atomic mass is 32.1. The molecule has 0 saturated carbocycles. The molecular formula is C15H12N2OS2. The zero-order chi connectivity index (χ0) is 13.8. The second kappa shape index (κ2) is 5.98. The van der Waals surface area contributed by atoms with Gasteiger partial charge in [-0.25, -0.2) is 4.98 Å². The Morgan fingerprint density at radius 2 is 2.00 bits per heavy atom. The predicted octanol–water partition coefficient (Wildman–Crippen LogP) is 4.05. The summed E-state index contributed by atoms with van der Waals surface area (Å²) < 4.78 is 0. The van der Waals surface area contributed by atoms with Gasteiger partial charge in [0.25, 0.3) is 0 Å². The average molecular weight is 300 g/mol. The van der Waals surface area contributed by atoms with Gasteiger partial charge in [0.2, 0.25) is 5.91 Å². The quantitative estimate of drug-likeness (QED) is 0.789. The zero-order valence-electron chi connectivity index (χ0n) is 10.6. The summed E-state index contributed by atoms with van der Waals surface area (Å²) in [6.07, 6.45) is 2.20. The maximum atomic E-state index is 11.9. The summed E-state index contributed by atoms with van der Waals surface area (Å²) in [5.41, 5.74) is 2.92. The molecule has 100 valence electrons. The van der Waals surface area contributed by atoms with Crippen molar-refractivity contribution in [3.8, 4) is 10.6 Å². The number of amides is 1. The second-order valence-electron chi connectivity index (χ2n) is 4.27. The molecule has 0 unspecified atom stereocenters. The third-order valence-electron chi connectivity index (χ3n) is 2.79. The van der Waals surface area contributed by atoms with Gasteiger partial charge in [-0.15, -0.1) is 11.3 Å². The summed E-state index contributed by atoms with van der Waals surface area (Å²) in [7, 11) is 0.